The fraction of sp³-hybridized carbons (Fsp3) is 0.474. The first-order chi connectivity index (χ1) is 11.3. The van der Waals surface area contributed by atoms with Crippen molar-refractivity contribution in [1.82, 2.24) is 9.80 Å². The Labute approximate surface area is 142 Å². The molecule has 2 fully saturated rings. The zero-order valence-electron chi connectivity index (χ0n) is 13.3. The van der Waals surface area contributed by atoms with Gasteiger partial charge >= 0.3 is 0 Å². The van der Waals surface area contributed by atoms with Gasteiger partial charge in [0.1, 0.15) is 0 Å². The van der Waals surface area contributed by atoms with Gasteiger partial charge in [-0.05, 0) is 29.9 Å². The minimum atomic E-state index is -0.140. The van der Waals surface area contributed by atoms with E-state index in [4.69, 9.17) is 0 Å². The van der Waals surface area contributed by atoms with Crippen molar-refractivity contribution in [3.8, 4) is 0 Å². The van der Waals surface area contributed by atoms with E-state index in [1.165, 1.54) is 10.4 Å². The van der Waals surface area contributed by atoms with Gasteiger partial charge in [0.25, 0.3) is 0 Å². The molecule has 1 aromatic carbocycles. The Morgan fingerprint density at radius 3 is 2.70 bits per heavy atom. The molecule has 23 heavy (non-hydrogen) atoms. The van der Waals surface area contributed by atoms with E-state index >= 15 is 0 Å². The Kier molecular flexibility index (Phi) is 4.49. The first-order valence-corrected chi connectivity index (χ1v) is 9.38. The van der Waals surface area contributed by atoms with E-state index in [1.807, 2.05) is 11.3 Å². The molecule has 3 heterocycles. The number of nitrogens with zero attached hydrogens (tertiary/aromatic N) is 2. The molecule has 0 radical (unpaired) electrons. The van der Waals surface area contributed by atoms with Crippen molar-refractivity contribution in [3.63, 3.8) is 0 Å². The van der Waals surface area contributed by atoms with Crippen LogP contribution in [-0.2, 0) is 13.0 Å². The summed E-state index contributed by atoms with van der Waals surface area (Å²) in [5.41, 5.74) is 1.41. The lowest BCUT2D eigenvalue weighted by Crippen LogP contribution is -2.56. The van der Waals surface area contributed by atoms with Crippen molar-refractivity contribution in [2.45, 2.75) is 37.6 Å². The molecule has 0 unspecified atom stereocenters. The van der Waals surface area contributed by atoms with Crippen molar-refractivity contribution in [2.75, 3.05) is 19.6 Å². The summed E-state index contributed by atoms with van der Waals surface area (Å²) in [4.78, 5) is 6.58. The van der Waals surface area contributed by atoms with Crippen LogP contribution in [0.3, 0.4) is 0 Å². The lowest BCUT2D eigenvalue weighted by Gasteiger charge is -2.43. The molecule has 3 nitrogen and oxygen atoms in total. The Morgan fingerprint density at radius 2 is 1.91 bits per heavy atom. The van der Waals surface area contributed by atoms with E-state index in [0.717, 1.165) is 39.0 Å². The predicted octanol–water partition coefficient (Wildman–Crippen LogP) is 2.61. The van der Waals surface area contributed by atoms with Crippen LogP contribution in [0.5, 0.6) is 0 Å². The maximum Gasteiger partial charge on any atom is 0.0682 e. The summed E-state index contributed by atoms with van der Waals surface area (Å²) in [5.74, 6) is 0. The van der Waals surface area contributed by atoms with Crippen LogP contribution in [0.1, 0.15) is 16.9 Å². The van der Waals surface area contributed by atoms with E-state index in [0.29, 0.717) is 12.1 Å². The topological polar surface area (TPSA) is 26.7 Å². The second-order valence-corrected chi connectivity index (χ2v) is 7.88. The highest BCUT2D eigenvalue weighted by Crippen LogP contribution is 2.28. The van der Waals surface area contributed by atoms with E-state index in [1.54, 1.807) is 0 Å². The second kappa shape index (κ2) is 6.73. The molecule has 2 saturated heterocycles. The van der Waals surface area contributed by atoms with Gasteiger partial charge < -0.3 is 5.11 Å². The van der Waals surface area contributed by atoms with Gasteiger partial charge in [-0.2, -0.15) is 0 Å². The van der Waals surface area contributed by atoms with E-state index in [2.05, 4.69) is 57.6 Å². The minimum absolute atomic E-state index is 0.140. The van der Waals surface area contributed by atoms with Gasteiger partial charge in [-0.3, -0.25) is 9.80 Å². The third-order valence-electron chi connectivity index (χ3n) is 5.17. The Hall–Kier alpha value is -1.20. The van der Waals surface area contributed by atoms with Gasteiger partial charge in [0.15, 0.2) is 0 Å². The molecule has 1 N–H and O–H groups in total. The summed E-state index contributed by atoms with van der Waals surface area (Å²) in [6.07, 6.45) is 1.88. The maximum atomic E-state index is 10.0. The summed E-state index contributed by atoms with van der Waals surface area (Å²) >= 11 is 1.85. The molecule has 2 aliphatic heterocycles. The Morgan fingerprint density at radius 1 is 1.04 bits per heavy atom. The van der Waals surface area contributed by atoms with Crippen LogP contribution in [0.2, 0.25) is 0 Å². The molecular weight excluding hydrogens is 304 g/mol. The molecular formula is C19H24N2OS. The summed E-state index contributed by atoms with van der Waals surface area (Å²) in [6.45, 7) is 4.03. The average molecular weight is 328 g/mol. The number of hydrogen-bond acceptors (Lipinski definition) is 4. The molecule has 2 aromatic rings. The highest BCUT2D eigenvalue weighted by atomic mass is 32.1. The quantitative estimate of drug-likeness (QED) is 0.935. The lowest BCUT2D eigenvalue weighted by molar-refractivity contribution is 0.0452. The second-order valence-electron chi connectivity index (χ2n) is 6.85. The molecule has 4 rings (SSSR count). The third kappa shape index (κ3) is 3.50. The van der Waals surface area contributed by atoms with Crippen LogP contribution < -0.4 is 0 Å². The van der Waals surface area contributed by atoms with Crippen LogP contribution in [0.25, 0.3) is 0 Å². The maximum absolute atomic E-state index is 10.0. The van der Waals surface area contributed by atoms with Gasteiger partial charge in [0.05, 0.1) is 6.10 Å². The number of thiophene rings is 1. The highest BCUT2D eigenvalue weighted by molar-refractivity contribution is 7.09. The molecule has 4 heteroatoms. The molecule has 0 aliphatic carbocycles. The Balaban J connectivity index is 1.52. The number of benzene rings is 1. The number of aliphatic hydroxyl groups is 1. The number of fused-ring (bicyclic) bond motifs is 1. The smallest absolute Gasteiger partial charge is 0.0682 e. The van der Waals surface area contributed by atoms with Crippen molar-refractivity contribution in [3.05, 3.63) is 58.3 Å². The minimum Gasteiger partial charge on any atom is -0.392 e. The van der Waals surface area contributed by atoms with Crippen molar-refractivity contribution in [1.29, 1.82) is 0 Å². The number of aliphatic hydroxyl groups excluding tert-OH is 1. The fourth-order valence-corrected chi connectivity index (χ4v) is 4.78. The van der Waals surface area contributed by atoms with Crippen LogP contribution in [0.15, 0.2) is 47.8 Å². The van der Waals surface area contributed by atoms with Crippen LogP contribution in [0.4, 0.5) is 0 Å². The van der Waals surface area contributed by atoms with Crippen LogP contribution >= 0.6 is 11.3 Å². The highest BCUT2D eigenvalue weighted by Gasteiger charge is 2.39. The first kappa shape index (κ1) is 15.3. The number of hydrogen-bond donors (Lipinski definition) is 1. The first-order valence-electron chi connectivity index (χ1n) is 8.50. The monoisotopic (exact) mass is 328 g/mol. The summed E-state index contributed by atoms with van der Waals surface area (Å²) in [5, 5.41) is 12.2. The average Bonchev–Trinajstić information content (AvgIpc) is 3.17. The van der Waals surface area contributed by atoms with Gasteiger partial charge in [-0.15, -0.1) is 11.3 Å². The van der Waals surface area contributed by atoms with Gasteiger partial charge in [-0.25, -0.2) is 0 Å². The zero-order chi connectivity index (χ0) is 15.6. The van der Waals surface area contributed by atoms with Crippen molar-refractivity contribution >= 4 is 11.3 Å². The predicted molar refractivity (Wildman–Crippen MR) is 94.6 cm³/mol. The zero-order valence-corrected chi connectivity index (χ0v) is 14.2. The van der Waals surface area contributed by atoms with Crippen molar-refractivity contribution in [2.24, 2.45) is 0 Å². The normalized spacial score (nSPS) is 28.8. The molecule has 3 atom stereocenters. The Bertz CT molecular complexity index is 616. The summed E-state index contributed by atoms with van der Waals surface area (Å²) in [7, 11) is 0. The van der Waals surface area contributed by atoms with E-state index in [9.17, 15) is 5.11 Å². The molecule has 122 valence electrons. The van der Waals surface area contributed by atoms with E-state index in [-0.39, 0.29) is 6.10 Å². The van der Waals surface area contributed by atoms with Crippen molar-refractivity contribution < 1.29 is 5.11 Å². The molecule has 2 aliphatic rings. The molecule has 1 aromatic heterocycles. The van der Waals surface area contributed by atoms with Gasteiger partial charge in [0.2, 0.25) is 0 Å². The van der Waals surface area contributed by atoms with Gasteiger partial charge in [-0.1, -0.05) is 36.4 Å². The molecule has 0 amide bonds. The van der Waals surface area contributed by atoms with Crippen LogP contribution in [-0.4, -0.2) is 52.7 Å². The number of rotatable bonds is 4. The summed E-state index contributed by atoms with van der Waals surface area (Å²) < 4.78 is 0. The number of piperazine rings is 1. The molecule has 0 spiro atoms. The molecule has 0 bridgehead atoms. The largest absolute Gasteiger partial charge is 0.392 e. The van der Waals surface area contributed by atoms with E-state index < -0.39 is 0 Å². The standard InChI is InChI=1S/C19H24N2OS/c22-18-10-17-12-21(14-19-7-4-8-23-19)16(11-20(17)13-18)9-15-5-2-1-3-6-15/h1-8,16-18,22H,9-14H2/t16-,17-,18+/m0/s1. The molecule has 0 saturated carbocycles. The third-order valence-corrected chi connectivity index (χ3v) is 6.03. The van der Waals surface area contributed by atoms with Gasteiger partial charge in [0, 0.05) is 43.1 Å². The lowest BCUT2D eigenvalue weighted by atomic mass is 9.99. The SMILES string of the molecule is O[C@@H]1C[C@H]2CN(Cc3cccs3)[C@@H](Cc3ccccc3)CN2C1. The fourth-order valence-electron chi connectivity index (χ4n) is 4.05. The van der Waals surface area contributed by atoms with Crippen LogP contribution in [0, 0.1) is 0 Å². The summed E-state index contributed by atoms with van der Waals surface area (Å²) in [6, 6.07) is 16.2.